The summed E-state index contributed by atoms with van der Waals surface area (Å²) in [5.74, 6) is 0. The summed E-state index contributed by atoms with van der Waals surface area (Å²) in [5, 5.41) is 1.22. The molecule has 0 unspecified atom stereocenters. The molecule has 1 nitrogen and oxygen atoms in total. The topological polar surface area (TPSA) is 15.8 Å². The number of H-pyrrole nitrogens is 1. The molecule has 43 valence electrons. The molecule has 0 spiro atoms. The van der Waals surface area contributed by atoms with Gasteiger partial charge in [0.25, 0.3) is 0 Å². The first-order valence-electron chi connectivity index (χ1n) is 2.90. The predicted octanol–water partition coefficient (Wildman–Crippen LogP) is 1.97. The Bertz CT molecular complexity index is 279. The van der Waals surface area contributed by atoms with E-state index in [1.54, 1.807) is 0 Å². The van der Waals surface area contributed by atoms with Crippen molar-refractivity contribution in [1.82, 2.24) is 4.98 Å². The Hall–Kier alpha value is -1.24. The van der Waals surface area contributed by atoms with E-state index in [1.165, 1.54) is 10.9 Å². The van der Waals surface area contributed by atoms with Gasteiger partial charge in [0.1, 0.15) is 0 Å². The number of aromatic nitrogens is 1. The normalized spacial score (nSPS) is 10.2. The van der Waals surface area contributed by atoms with Crippen molar-refractivity contribution >= 4 is 10.9 Å². The SMILES string of the molecule is [c]1ccc2[nH]ccc2c1. The van der Waals surface area contributed by atoms with E-state index in [1.807, 2.05) is 30.5 Å². The molecular formula is C8H6N. The maximum absolute atomic E-state index is 3.10. The first kappa shape index (κ1) is 4.62. The van der Waals surface area contributed by atoms with Gasteiger partial charge in [-0.2, -0.15) is 0 Å². The Morgan fingerprint density at radius 3 is 3.22 bits per heavy atom. The standard InChI is InChI=1S/C8H6N/c1-2-4-8-7(3-1)5-6-9-8/h2-6,9H. The molecule has 1 N–H and O–H groups in total. The maximum atomic E-state index is 3.10. The van der Waals surface area contributed by atoms with Crippen molar-refractivity contribution in [2.75, 3.05) is 0 Å². The van der Waals surface area contributed by atoms with Crippen molar-refractivity contribution < 1.29 is 0 Å². The number of benzene rings is 1. The molecule has 1 aromatic carbocycles. The van der Waals surface area contributed by atoms with Crippen LogP contribution < -0.4 is 0 Å². The van der Waals surface area contributed by atoms with E-state index in [0.717, 1.165) is 0 Å². The molecule has 0 saturated carbocycles. The summed E-state index contributed by atoms with van der Waals surface area (Å²) < 4.78 is 0. The van der Waals surface area contributed by atoms with Gasteiger partial charge in [0.2, 0.25) is 0 Å². The number of nitrogens with one attached hydrogen (secondary N) is 1. The first-order valence-corrected chi connectivity index (χ1v) is 2.90. The fraction of sp³-hybridized carbons (Fsp3) is 0. The molecule has 1 radical (unpaired) electrons. The monoisotopic (exact) mass is 116 g/mol. The van der Waals surface area contributed by atoms with Gasteiger partial charge in [0, 0.05) is 11.7 Å². The van der Waals surface area contributed by atoms with Gasteiger partial charge >= 0.3 is 0 Å². The summed E-state index contributed by atoms with van der Waals surface area (Å²) in [5.41, 5.74) is 1.17. The first-order chi connectivity index (χ1) is 4.47. The van der Waals surface area contributed by atoms with E-state index in [9.17, 15) is 0 Å². The molecule has 1 heteroatoms. The van der Waals surface area contributed by atoms with Gasteiger partial charge in [-0.05, 0) is 29.7 Å². The Kier molecular flexibility index (Phi) is 0.833. The van der Waals surface area contributed by atoms with Crippen LogP contribution in [0.2, 0.25) is 0 Å². The predicted molar refractivity (Wildman–Crippen MR) is 37.1 cm³/mol. The van der Waals surface area contributed by atoms with Gasteiger partial charge in [0.05, 0.1) is 0 Å². The van der Waals surface area contributed by atoms with Gasteiger partial charge in [0.15, 0.2) is 0 Å². The quantitative estimate of drug-likeness (QED) is 0.541. The molecule has 1 aromatic heterocycles. The van der Waals surface area contributed by atoms with Crippen LogP contribution >= 0.6 is 0 Å². The van der Waals surface area contributed by atoms with Crippen LogP contribution in [0.15, 0.2) is 30.5 Å². The second-order valence-corrected chi connectivity index (χ2v) is 1.99. The lowest BCUT2D eigenvalue weighted by molar-refractivity contribution is 1.48. The van der Waals surface area contributed by atoms with E-state index in [-0.39, 0.29) is 0 Å². The molecule has 0 atom stereocenters. The fourth-order valence-electron chi connectivity index (χ4n) is 0.934. The van der Waals surface area contributed by atoms with E-state index in [2.05, 4.69) is 11.1 Å². The molecular weight excluding hydrogens is 110 g/mol. The van der Waals surface area contributed by atoms with Gasteiger partial charge in [-0.1, -0.05) is 6.07 Å². The van der Waals surface area contributed by atoms with Crippen molar-refractivity contribution in [3.05, 3.63) is 36.5 Å². The fourth-order valence-corrected chi connectivity index (χ4v) is 0.934. The molecule has 0 aliphatic rings. The van der Waals surface area contributed by atoms with E-state index < -0.39 is 0 Å². The third kappa shape index (κ3) is 0.617. The summed E-state index contributed by atoms with van der Waals surface area (Å²) in [7, 11) is 0. The van der Waals surface area contributed by atoms with Crippen molar-refractivity contribution in [1.29, 1.82) is 0 Å². The largest absolute Gasteiger partial charge is 0.361 e. The molecule has 0 bridgehead atoms. The molecule has 2 aromatic rings. The second kappa shape index (κ2) is 1.62. The maximum Gasteiger partial charge on any atom is 0.0454 e. The lowest BCUT2D eigenvalue weighted by Gasteiger charge is -1.82. The minimum Gasteiger partial charge on any atom is -0.361 e. The molecule has 0 aliphatic heterocycles. The van der Waals surface area contributed by atoms with Crippen molar-refractivity contribution in [3.8, 4) is 0 Å². The average Bonchev–Trinajstić information content (AvgIpc) is 2.33. The molecule has 0 saturated heterocycles. The molecule has 1 heterocycles. The Balaban J connectivity index is 2.95. The Morgan fingerprint density at radius 2 is 2.33 bits per heavy atom. The molecule has 2 rings (SSSR count). The third-order valence-electron chi connectivity index (χ3n) is 1.40. The zero-order valence-corrected chi connectivity index (χ0v) is 4.89. The highest BCUT2D eigenvalue weighted by Gasteiger charge is 1.87. The molecule has 0 amide bonds. The molecule has 0 aliphatic carbocycles. The van der Waals surface area contributed by atoms with Crippen LogP contribution in [0, 0.1) is 6.07 Å². The van der Waals surface area contributed by atoms with E-state index >= 15 is 0 Å². The van der Waals surface area contributed by atoms with Gasteiger partial charge in [-0.25, -0.2) is 0 Å². The van der Waals surface area contributed by atoms with Gasteiger partial charge < -0.3 is 4.98 Å². The number of fused-ring (bicyclic) bond motifs is 1. The summed E-state index contributed by atoms with van der Waals surface area (Å²) in [6.45, 7) is 0. The second-order valence-electron chi connectivity index (χ2n) is 1.99. The number of hydrogen-bond acceptors (Lipinski definition) is 0. The summed E-state index contributed by atoms with van der Waals surface area (Å²) >= 11 is 0. The highest BCUT2D eigenvalue weighted by molar-refractivity contribution is 5.78. The minimum absolute atomic E-state index is 1.17. The zero-order valence-electron chi connectivity index (χ0n) is 4.89. The number of hydrogen-bond donors (Lipinski definition) is 1. The van der Waals surface area contributed by atoms with Gasteiger partial charge in [-0.15, -0.1) is 0 Å². The van der Waals surface area contributed by atoms with Crippen LogP contribution in [0.3, 0.4) is 0 Å². The van der Waals surface area contributed by atoms with E-state index in [0.29, 0.717) is 0 Å². The summed E-state index contributed by atoms with van der Waals surface area (Å²) in [6, 6.07) is 10.9. The summed E-state index contributed by atoms with van der Waals surface area (Å²) in [4.78, 5) is 3.10. The molecule has 9 heavy (non-hydrogen) atoms. The number of aromatic amines is 1. The smallest absolute Gasteiger partial charge is 0.0454 e. The lowest BCUT2D eigenvalue weighted by Crippen LogP contribution is -1.62. The van der Waals surface area contributed by atoms with Crippen LogP contribution in [0.25, 0.3) is 10.9 Å². The van der Waals surface area contributed by atoms with Crippen LogP contribution in [0.1, 0.15) is 0 Å². The number of rotatable bonds is 0. The van der Waals surface area contributed by atoms with Crippen LogP contribution in [-0.4, -0.2) is 4.98 Å². The van der Waals surface area contributed by atoms with Crippen molar-refractivity contribution in [2.45, 2.75) is 0 Å². The summed E-state index contributed by atoms with van der Waals surface area (Å²) in [6.07, 6.45) is 1.93. The average molecular weight is 116 g/mol. The van der Waals surface area contributed by atoms with Crippen LogP contribution in [0.5, 0.6) is 0 Å². The molecule has 0 fully saturated rings. The highest BCUT2D eigenvalue weighted by atomic mass is 14.6. The lowest BCUT2D eigenvalue weighted by atomic mass is 10.3. The Labute approximate surface area is 53.3 Å². The zero-order chi connectivity index (χ0) is 6.10. The third-order valence-corrected chi connectivity index (χ3v) is 1.40. The Morgan fingerprint density at radius 1 is 1.33 bits per heavy atom. The van der Waals surface area contributed by atoms with Crippen molar-refractivity contribution in [2.24, 2.45) is 0 Å². The van der Waals surface area contributed by atoms with Crippen molar-refractivity contribution in [3.63, 3.8) is 0 Å². The van der Waals surface area contributed by atoms with Crippen LogP contribution in [-0.2, 0) is 0 Å². The minimum atomic E-state index is 1.17. The van der Waals surface area contributed by atoms with Gasteiger partial charge in [-0.3, -0.25) is 0 Å². The van der Waals surface area contributed by atoms with Crippen LogP contribution in [0.4, 0.5) is 0 Å². The van der Waals surface area contributed by atoms with E-state index in [4.69, 9.17) is 0 Å². The highest BCUT2D eigenvalue weighted by Crippen LogP contribution is 2.08.